The molecule has 2 unspecified atom stereocenters. The summed E-state index contributed by atoms with van der Waals surface area (Å²) in [6.45, 7) is 9.19. The Bertz CT molecular complexity index is 973. The molecule has 0 aromatic carbocycles. The predicted octanol–water partition coefficient (Wildman–Crippen LogP) is 2.09. The van der Waals surface area contributed by atoms with Gasteiger partial charge >= 0.3 is 12.0 Å². The second kappa shape index (κ2) is 15.2. The van der Waals surface area contributed by atoms with Gasteiger partial charge < -0.3 is 31.7 Å². The Kier molecular flexibility index (Phi) is 12.6. The van der Waals surface area contributed by atoms with Gasteiger partial charge in [-0.25, -0.2) is 9.59 Å². The van der Waals surface area contributed by atoms with Crippen molar-refractivity contribution in [1.82, 2.24) is 20.9 Å². The number of nitrogens with one attached hydrogen (secondary N) is 3. The van der Waals surface area contributed by atoms with Crippen molar-refractivity contribution in [2.75, 3.05) is 6.54 Å². The van der Waals surface area contributed by atoms with Crippen LogP contribution in [-0.4, -0.2) is 76.2 Å². The first-order valence-corrected chi connectivity index (χ1v) is 14.9. The molecule has 1 aliphatic carbocycles. The fourth-order valence-corrected chi connectivity index (χ4v) is 5.40. The van der Waals surface area contributed by atoms with E-state index in [-0.39, 0.29) is 18.4 Å². The zero-order valence-corrected chi connectivity index (χ0v) is 25.2. The van der Waals surface area contributed by atoms with Crippen LogP contribution in [0.25, 0.3) is 0 Å². The Morgan fingerprint density at radius 2 is 1.61 bits per heavy atom. The van der Waals surface area contributed by atoms with Gasteiger partial charge in [-0.3, -0.25) is 19.2 Å². The van der Waals surface area contributed by atoms with Gasteiger partial charge in [-0.15, -0.1) is 0 Å². The molecule has 0 aromatic heterocycles. The highest BCUT2D eigenvalue weighted by atomic mass is 16.4. The first-order valence-electron chi connectivity index (χ1n) is 14.9. The first kappa shape index (κ1) is 34.0. The molecule has 5 amide bonds. The van der Waals surface area contributed by atoms with Gasteiger partial charge in [0.05, 0.1) is 6.04 Å². The van der Waals surface area contributed by atoms with E-state index in [1.165, 1.54) is 4.90 Å². The summed E-state index contributed by atoms with van der Waals surface area (Å²) in [5, 5.41) is 17.5. The summed E-state index contributed by atoms with van der Waals surface area (Å²) in [6.07, 6.45) is 6.79. The molecule has 2 fully saturated rings. The highest BCUT2D eigenvalue weighted by molar-refractivity contribution is 6.37. The number of carbonyl (C=O) groups is 6. The van der Waals surface area contributed by atoms with E-state index >= 15 is 0 Å². The van der Waals surface area contributed by atoms with Gasteiger partial charge in [0.1, 0.15) is 18.1 Å². The van der Waals surface area contributed by atoms with Gasteiger partial charge in [-0.05, 0) is 42.9 Å². The lowest BCUT2D eigenvalue weighted by Gasteiger charge is -2.36. The first-order chi connectivity index (χ1) is 19.1. The summed E-state index contributed by atoms with van der Waals surface area (Å²) in [7, 11) is 0. The van der Waals surface area contributed by atoms with E-state index in [0.29, 0.717) is 32.1 Å². The lowest BCUT2D eigenvalue weighted by Crippen LogP contribution is -2.60. The molecule has 4 atom stereocenters. The van der Waals surface area contributed by atoms with Crippen LogP contribution in [0.4, 0.5) is 4.79 Å². The smallest absolute Gasteiger partial charge is 0.326 e. The maximum atomic E-state index is 13.9. The molecule has 41 heavy (non-hydrogen) atoms. The molecule has 2 aliphatic rings. The van der Waals surface area contributed by atoms with Crippen molar-refractivity contribution in [3.8, 4) is 0 Å². The minimum Gasteiger partial charge on any atom is -0.480 e. The number of ketones is 1. The normalized spacial score (nSPS) is 20.9. The van der Waals surface area contributed by atoms with Gasteiger partial charge in [0.25, 0.3) is 5.91 Å². The number of carbonyl (C=O) groups excluding carboxylic acids is 5. The minimum absolute atomic E-state index is 0.0147. The molecule has 6 N–H and O–H groups in total. The van der Waals surface area contributed by atoms with E-state index < -0.39 is 65.1 Å². The van der Waals surface area contributed by atoms with E-state index in [9.17, 15) is 33.9 Å². The number of nitrogens with zero attached hydrogens (tertiary/aromatic N) is 1. The van der Waals surface area contributed by atoms with Crippen molar-refractivity contribution in [3.05, 3.63) is 0 Å². The van der Waals surface area contributed by atoms with Crippen LogP contribution in [-0.2, 0) is 24.0 Å². The van der Waals surface area contributed by atoms with Crippen molar-refractivity contribution in [3.63, 3.8) is 0 Å². The van der Waals surface area contributed by atoms with Gasteiger partial charge in [0.15, 0.2) is 0 Å². The molecular weight excluding hydrogens is 530 g/mol. The zero-order chi connectivity index (χ0) is 30.9. The summed E-state index contributed by atoms with van der Waals surface area (Å²) < 4.78 is 0. The molecule has 12 nitrogen and oxygen atoms in total. The third-order valence-corrected chi connectivity index (χ3v) is 7.96. The van der Waals surface area contributed by atoms with E-state index in [1.807, 2.05) is 13.8 Å². The highest BCUT2D eigenvalue weighted by Crippen LogP contribution is 2.31. The quantitative estimate of drug-likeness (QED) is 0.219. The van der Waals surface area contributed by atoms with E-state index in [2.05, 4.69) is 16.0 Å². The number of hydrogen-bond donors (Lipinski definition) is 5. The Labute approximate surface area is 242 Å². The molecule has 1 aliphatic heterocycles. The van der Waals surface area contributed by atoms with Crippen molar-refractivity contribution < 1.29 is 33.9 Å². The van der Waals surface area contributed by atoms with Crippen LogP contribution in [0.3, 0.4) is 0 Å². The maximum absolute atomic E-state index is 13.9. The van der Waals surface area contributed by atoms with Gasteiger partial charge in [-0.1, -0.05) is 73.1 Å². The minimum atomic E-state index is -1.19. The number of amides is 5. The Morgan fingerprint density at radius 1 is 0.976 bits per heavy atom. The predicted molar refractivity (Wildman–Crippen MR) is 152 cm³/mol. The van der Waals surface area contributed by atoms with Crippen LogP contribution in [0.1, 0.15) is 98.8 Å². The average Bonchev–Trinajstić information content (AvgIpc) is 2.92. The average molecular weight is 580 g/mol. The molecule has 12 heteroatoms. The van der Waals surface area contributed by atoms with Gasteiger partial charge in [0.2, 0.25) is 17.6 Å². The standard InChI is InChI=1S/C29H49N5O7/c1-17(2)15-21(25(37)31-20(22(35)24(30)36)16-18-11-10-12-18)34-14-9-7-6-8-13-19(26(34)38)32-28(41)33-23(27(39)40)29(3,4)5/h17-21,23H,6-16H2,1-5H3,(H2,30,36)(H,31,37)(H,39,40)(H2,32,33,41)/t19-,20?,21-,23?/m0/s1. The second-order valence-electron chi connectivity index (χ2n) is 13.0. The Hall–Kier alpha value is -3.18. The highest BCUT2D eigenvalue weighted by Gasteiger charge is 2.39. The molecule has 2 rings (SSSR count). The SMILES string of the molecule is CC(C)C[C@@H](C(=O)NC(CC1CCC1)C(=O)C(N)=O)N1CCCCCC[C@H](NC(=O)NC(C(=O)O)C(C)(C)C)C1=O. The van der Waals surface area contributed by atoms with Crippen molar-refractivity contribution in [1.29, 1.82) is 0 Å². The number of carboxylic acids is 1. The van der Waals surface area contributed by atoms with Crippen LogP contribution >= 0.6 is 0 Å². The maximum Gasteiger partial charge on any atom is 0.326 e. The number of nitrogens with two attached hydrogens (primary N) is 1. The number of Topliss-reactive ketones (excluding diaryl/α,β-unsaturated/α-hetero) is 1. The van der Waals surface area contributed by atoms with Crippen LogP contribution in [0.5, 0.6) is 0 Å². The molecule has 232 valence electrons. The third-order valence-electron chi connectivity index (χ3n) is 7.96. The summed E-state index contributed by atoms with van der Waals surface area (Å²) in [5.41, 5.74) is 4.51. The number of primary amides is 1. The van der Waals surface area contributed by atoms with Crippen LogP contribution in [0.15, 0.2) is 0 Å². The number of urea groups is 1. The summed E-state index contributed by atoms with van der Waals surface area (Å²) in [5.74, 6) is -3.90. The molecule has 1 saturated heterocycles. The number of aliphatic carboxylic acids is 1. The number of hydrogen-bond acceptors (Lipinski definition) is 6. The number of rotatable bonds is 12. The fourth-order valence-electron chi connectivity index (χ4n) is 5.40. The second-order valence-corrected chi connectivity index (χ2v) is 13.0. The van der Waals surface area contributed by atoms with Crippen LogP contribution in [0.2, 0.25) is 0 Å². The topological polar surface area (TPSA) is 188 Å². The Balaban J connectivity index is 2.30. The summed E-state index contributed by atoms with van der Waals surface area (Å²) in [6, 6.07) is -4.92. The molecule has 1 saturated carbocycles. The van der Waals surface area contributed by atoms with Crippen LogP contribution in [0, 0.1) is 17.3 Å². The van der Waals surface area contributed by atoms with Crippen molar-refractivity contribution >= 4 is 35.5 Å². The summed E-state index contributed by atoms with van der Waals surface area (Å²) in [4.78, 5) is 78.1. The third kappa shape index (κ3) is 10.3. The largest absolute Gasteiger partial charge is 0.480 e. The van der Waals surface area contributed by atoms with Gasteiger partial charge in [0, 0.05) is 6.54 Å². The molecule has 0 bridgehead atoms. The zero-order valence-electron chi connectivity index (χ0n) is 25.2. The van der Waals surface area contributed by atoms with E-state index in [1.54, 1.807) is 20.8 Å². The molecule has 0 radical (unpaired) electrons. The van der Waals surface area contributed by atoms with Crippen LogP contribution < -0.4 is 21.7 Å². The summed E-state index contributed by atoms with van der Waals surface area (Å²) >= 11 is 0. The lowest BCUT2D eigenvalue weighted by atomic mass is 9.80. The lowest BCUT2D eigenvalue weighted by molar-refractivity contribution is -0.144. The van der Waals surface area contributed by atoms with E-state index in [0.717, 1.165) is 32.1 Å². The molecular formula is C29H49N5O7. The Morgan fingerprint density at radius 3 is 2.12 bits per heavy atom. The van der Waals surface area contributed by atoms with E-state index in [4.69, 9.17) is 5.73 Å². The molecule has 1 heterocycles. The monoisotopic (exact) mass is 579 g/mol. The number of carboxylic acid groups (broad SMARTS) is 1. The van der Waals surface area contributed by atoms with Gasteiger partial charge in [-0.2, -0.15) is 0 Å². The fraction of sp³-hybridized carbons (Fsp3) is 0.793. The van der Waals surface area contributed by atoms with Crippen molar-refractivity contribution in [2.45, 2.75) is 123 Å². The van der Waals surface area contributed by atoms with Crippen molar-refractivity contribution in [2.24, 2.45) is 23.0 Å². The molecule has 0 spiro atoms. The molecule has 0 aromatic rings.